The largest absolute Gasteiger partial charge is 0.491 e. The van der Waals surface area contributed by atoms with E-state index in [-0.39, 0.29) is 38.3 Å². The number of hydrogen-bond acceptors (Lipinski definition) is 7. The standard InChI is InChI=1S/C19H23N3O7/c1-19(11-2-3-11)17(25)22(18(26)21-19)8-16(24)20-7-12(23)9-27-13-4-5-14-15(6-13)29-10-28-14/h4-6,11-12,23H,2-3,7-10H2,1H3,(H,20,24)(H,21,26). The molecule has 1 aliphatic carbocycles. The lowest BCUT2D eigenvalue weighted by Crippen LogP contribution is -2.47. The number of nitrogens with one attached hydrogen (secondary N) is 2. The number of imide groups is 1. The average Bonchev–Trinajstić information content (AvgIpc) is 3.42. The molecule has 156 valence electrons. The highest BCUT2D eigenvalue weighted by Crippen LogP contribution is 2.42. The summed E-state index contributed by atoms with van der Waals surface area (Å²) in [4.78, 5) is 37.6. The molecule has 0 aromatic heterocycles. The molecule has 1 saturated heterocycles. The van der Waals surface area contributed by atoms with Crippen molar-refractivity contribution in [3.05, 3.63) is 18.2 Å². The van der Waals surface area contributed by atoms with E-state index in [1.165, 1.54) is 0 Å². The molecule has 1 aromatic rings. The van der Waals surface area contributed by atoms with E-state index < -0.39 is 23.6 Å². The molecule has 2 heterocycles. The fourth-order valence-electron chi connectivity index (χ4n) is 3.45. The monoisotopic (exact) mass is 405 g/mol. The Morgan fingerprint density at radius 2 is 2.14 bits per heavy atom. The van der Waals surface area contributed by atoms with Crippen LogP contribution in [0.3, 0.4) is 0 Å². The molecule has 2 fully saturated rings. The topological polar surface area (TPSA) is 126 Å². The van der Waals surface area contributed by atoms with Crippen LogP contribution < -0.4 is 24.8 Å². The number of carbonyl (C=O) groups excluding carboxylic acids is 3. The quantitative estimate of drug-likeness (QED) is 0.519. The molecule has 1 saturated carbocycles. The van der Waals surface area contributed by atoms with Gasteiger partial charge in [0.2, 0.25) is 12.7 Å². The van der Waals surface area contributed by atoms with E-state index in [0.29, 0.717) is 17.2 Å². The van der Waals surface area contributed by atoms with Crippen LogP contribution in [0.1, 0.15) is 19.8 Å². The maximum atomic E-state index is 12.5. The van der Waals surface area contributed by atoms with Gasteiger partial charge in [0.05, 0.1) is 0 Å². The summed E-state index contributed by atoms with van der Waals surface area (Å²) in [5, 5.41) is 15.2. The second-order valence-electron chi connectivity index (χ2n) is 7.58. The van der Waals surface area contributed by atoms with Crippen molar-refractivity contribution in [1.29, 1.82) is 0 Å². The molecule has 2 atom stereocenters. The molecule has 10 heteroatoms. The van der Waals surface area contributed by atoms with Crippen molar-refractivity contribution in [2.75, 3.05) is 26.5 Å². The molecule has 3 aliphatic rings. The van der Waals surface area contributed by atoms with Crippen LogP contribution in [-0.4, -0.2) is 66.0 Å². The minimum absolute atomic E-state index is 0.0528. The van der Waals surface area contributed by atoms with Gasteiger partial charge in [0.15, 0.2) is 11.5 Å². The van der Waals surface area contributed by atoms with Gasteiger partial charge >= 0.3 is 6.03 Å². The van der Waals surface area contributed by atoms with Crippen molar-refractivity contribution in [3.8, 4) is 17.2 Å². The van der Waals surface area contributed by atoms with Gasteiger partial charge in [-0.25, -0.2) is 4.79 Å². The molecule has 10 nitrogen and oxygen atoms in total. The third kappa shape index (κ3) is 3.93. The predicted molar refractivity (Wildman–Crippen MR) is 98.5 cm³/mol. The lowest BCUT2D eigenvalue weighted by molar-refractivity contribution is -0.135. The summed E-state index contributed by atoms with van der Waals surface area (Å²) in [5.74, 6) is 0.906. The minimum atomic E-state index is -0.968. The van der Waals surface area contributed by atoms with Crippen molar-refractivity contribution in [3.63, 3.8) is 0 Å². The van der Waals surface area contributed by atoms with Crippen LogP contribution in [-0.2, 0) is 9.59 Å². The number of fused-ring (bicyclic) bond motifs is 1. The number of benzene rings is 1. The predicted octanol–water partition coefficient (Wildman–Crippen LogP) is -0.00830. The number of amides is 4. The van der Waals surface area contributed by atoms with E-state index >= 15 is 0 Å². The third-order valence-corrected chi connectivity index (χ3v) is 5.32. The second kappa shape index (κ2) is 7.43. The highest BCUT2D eigenvalue weighted by Gasteiger charge is 2.56. The Morgan fingerprint density at radius 3 is 2.90 bits per heavy atom. The van der Waals surface area contributed by atoms with Gasteiger partial charge in [0, 0.05) is 12.6 Å². The van der Waals surface area contributed by atoms with E-state index in [1.807, 2.05) is 0 Å². The molecule has 2 unspecified atom stereocenters. The fraction of sp³-hybridized carbons (Fsp3) is 0.526. The van der Waals surface area contributed by atoms with Crippen molar-refractivity contribution >= 4 is 17.8 Å². The maximum absolute atomic E-state index is 12.5. The first-order valence-corrected chi connectivity index (χ1v) is 9.48. The SMILES string of the molecule is CC1(C2CC2)NC(=O)N(CC(=O)NCC(O)COc2ccc3c(c2)OCO3)C1=O. The summed E-state index contributed by atoms with van der Waals surface area (Å²) in [5.41, 5.74) is -0.921. The summed E-state index contributed by atoms with van der Waals surface area (Å²) in [7, 11) is 0. The Balaban J connectivity index is 1.21. The van der Waals surface area contributed by atoms with E-state index in [4.69, 9.17) is 14.2 Å². The van der Waals surface area contributed by atoms with Crippen molar-refractivity contribution in [2.45, 2.75) is 31.4 Å². The molecule has 4 rings (SSSR count). The van der Waals surface area contributed by atoms with Gasteiger partial charge in [0.1, 0.15) is 30.5 Å². The number of aliphatic hydroxyl groups excluding tert-OH is 1. The first-order chi connectivity index (χ1) is 13.9. The lowest BCUT2D eigenvalue weighted by atomic mass is 9.96. The van der Waals surface area contributed by atoms with Gasteiger partial charge in [-0.05, 0) is 37.8 Å². The van der Waals surface area contributed by atoms with E-state index in [0.717, 1.165) is 17.7 Å². The zero-order chi connectivity index (χ0) is 20.6. The Morgan fingerprint density at radius 1 is 1.38 bits per heavy atom. The second-order valence-corrected chi connectivity index (χ2v) is 7.58. The zero-order valence-corrected chi connectivity index (χ0v) is 16.0. The number of rotatable bonds is 8. The first kappa shape index (κ1) is 19.3. The zero-order valence-electron chi connectivity index (χ0n) is 16.0. The van der Waals surface area contributed by atoms with E-state index in [9.17, 15) is 19.5 Å². The van der Waals surface area contributed by atoms with Gasteiger partial charge in [-0.15, -0.1) is 0 Å². The normalized spacial score (nSPS) is 23.7. The molecule has 4 amide bonds. The van der Waals surface area contributed by atoms with Crippen molar-refractivity contribution in [2.24, 2.45) is 5.92 Å². The van der Waals surface area contributed by atoms with Crippen LogP contribution in [0, 0.1) is 5.92 Å². The highest BCUT2D eigenvalue weighted by molar-refractivity contribution is 6.09. The van der Waals surface area contributed by atoms with Crippen LogP contribution in [0.4, 0.5) is 4.79 Å². The minimum Gasteiger partial charge on any atom is -0.491 e. The van der Waals surface area contributed by atoms with Gasteiger partial charge in [-0.2, -0.15) is 0 Å². The molecule has 29 heavy (non-hydrogen) atoms. The Hall–Kier alpha value is -3.01. The molecule has 2 aliphatic heterocycles. The van der Waals surface area contributed by atoms with Crippen molar-refractivity contribution < 1.29 is 33.7 Å². The number of ether oxygens (including phenoxy) is 3. The van der Waals surface area contributed by atoms with Gasteiger partial charge < -0.3 is 30.0 Å². The Labute approximate surface area is 167 Å². The fourth-order valence-corrected chi connectivity index (χ4v) is 3.45. The Kier molecular flexibility index (Phi) is 4.95. The molecular weight excluding hydrogens is 382 g/mol. The lowest BCUT2D eigenvalue weighted by Gasteiger charge is -2.21. The summed E-state index contributed by atoms with van der Waals surface area (Å²) in [6.07, 6.45) is 0.806. The number of nitrogens with zero attached hydrogens (tertiary/aromatic N) is 1. The smallest absolute Gasteiger partial charge is 0.325 e. The van der Waals surface area contributed by atoms with Gasteiger partial charge in [0.25, 0.3) is 5.91 Å². The van der Waals surface area contributed by atoms with Gasteiger partial charge in [-0.3, -0.25) is 14.5 Å². The van der Waals surface area contributed by atoms with E-state index in [2.05, 4.69) is 10.6 Å². The number of urea groups is 1. The molecule has 3 N–H and O–H groups in total. The first-order valence-electron chi connectivity index (χ1n) is 9.48. The van der Waals surface area contributed by atoms with Crippen LogP contribution in [0.5, 0.6) is 17.2 Å². The summed E-state index contributed by atoms with van der Waals surface area (Å²) < 4.78 is 16.0. The average molecular weight is 405 g/mol. The molecule has 0 radical (unpaired) electrons. The molecule has 0 spiro atoms. The third-order valence-electron chi connectivity index (χ3n) is 5.32. The van der Waals surface area contributed by atoms with Crippen molar-refractivity contribution in [1.82, 2.24) is 15.5 Å². The summed E-state index contributed by atoms with van der Waals surface area (Å²) in [6, 6.07) is 4.49. The van der Waals surface area contributed by atoms with Gasteiger partial charge in [-0.1, -0.05) is 0 Å². The highest BCUT2D eigenvalue weighted by atomic mass is 16.7. The summed E-state index contributed by atoms with van der Waals surface area (Å²) in [6.45, 7) is 1.34. The number of aliphatic hydroxyl groups is 1. The summed E-state index contributed by atoms with van der Waals surface area (Å²) >= 11 is 0. The van der Waals surface area contributed by atoms with Crippen LogP contribution in [0.2, 0.25) is 0 Å². The maximum Gasteiger partial charge on any atom is 0.325 e. The number of carbonyl (C=O) groups is 3. The molecular formula is C19H23N3O7. The molecule has 1 aromatic carbocycles. The van der Waals surface area contributed by atoms with E-state index in [1.54, 1.807) is 25.1 Å². The van der Waals surface area contributed by atoms with Crippen LogP contribution >= 0.6 is 0 Å². The molecule has 0 bridgehead atoms. The Bertz CT molecular complexity index is 841. The van der Waals surface area contributed by atoms with Crippen LogP contribution in [0.25, 0.3) is 0 Å². The van der Waals surface area contributed by atoms with Crippen LogP contribution in [0.15, 0.2) is 18.2 Å². The number of hydrogen-bond donors (Lipinski definition) is 3.